The van der Waals surface area contributed by atoms with Gasteiger partial charge in [0.15, 0.2) is 0 Å². The van der Waals surface area contributed by atoms with E-state index in [9.17, 15) is 8.42 Å². The Hall–Kier alpha value is -1.41. The van der Waals surface area contributed by atoms with Gasteiger partial charge in [-0.25, -0.2) is 23.1 Å². The lowest BCUT2D eigenvalue weighted by atomic mass is 10.2. The van der Waals surface area contributed by atoms with Crippen molar-refractivity contribution in [1.29, 1.82) is 0 Å². The minimum Gasteiger partial charge on any atom is -0.496 e. The number of sulfonamides is 1. The largest absolute Gasteiger partial charge is 0.496 e. The maximum Gasteiger partial charge on any atom is 0.243 e. The molecule has 9 heteroatoms. The lowest BCUT2D eigenvalue weighted by Crippen LogP contribution is -2.24. The fraction of sp³-hybridized carbons (Fsp3) is 0.167. The van der Waals surface area contributed by atoms with Crippen molar-refractivity contribution < 1.29 is 13.2 Å². The molecule has 0 saturated carbocycles. The van der Waals surface area contributed by atoms with Gasteiger partial charge in [0, 0.05) is 17.1 Å². The fourth-order valence-corrected chi connectivity index (χ4v) is 2.81. The molecule has 0 atom stereocenters. The molecule has 1 N–H and O–H groups in total. The zero-order valence-electron chi connectivity index (χ0n) is 10.9. The van der Waals surface area contributed by atoms with E-state index in [0.717, 1.165) is 12.4 Å². The second-order valence-electron chi connectivity index (χ2n) is 3.93. The van der Waals surface area contributed by atoms with E-state index in [1.54, 1.807) is 18.2 Å². The van der Waals surface area contributed by atoms with Gasteiger partial charge in [0.25, 0.3) is 0 Å². The summed E-state index contributed by atoms with van der Waals surface area (Å²) in [5.74, 6) is 0.498. The Balaban J connectivity index is 2.21. The summed E-state index contributed by atoms with van der Waals surface area (Å²) < 4.78 is 31.8. The zero-order chi connectivity index (χ0) is 15.5. The fourth-order valence-electron chi connectivity index (χ4n) is 1.59. The number of halogens is 2. The van der Waals surface area contributed by atoms with E-state index in [1.165, 1.54) is 7.11 Å². The highest BCUT2D eigenvalue weighted by atomic mass is 35.5. The highest BCUT2D eigenvalue weighted by molar-refractivity contribution is 7.89. The van der Waals surface area contributed by atoms with Crippen LogP contribution >= 0.6 is 23.2 Å². The Morgan fingerprint density at radius 2 is 1.90 bits per heavy atom. The van der Waals surface area contributed by atoms with Crippen LogP contribution in [0.1, 0.15) is 5.56 Å². The molecule has 6 nitrogen and oxygen atoms in total. The van der Waals surface area contributed by atoms with Gasteiger partial charge in [-0.2, -0.15) is 0 Å². The van der Waals surface area contributed by atoms with Crippen molar-refractivity contribution in [2.24, 2.45) is 0 Å². The molecule has 0 aliphatic carbocycles. The van der Waals surface area contributed by atoms with Crippen LogP contribution in [-0.2, 0) is 16.6 Å². The standard InChI is InChI=1S/C12H11Cl2N3O3S/c1-20-11-4-2-3-10(13)9(11)7-17-21(18,19)8-5-15-12(14)16-6-8/h2-6,17H,7H2,1H3. The first-order chi connectivity index (χ1) is 9.94. The van der Waals surface area contributed by atoms with Gasteiger partial charge in [-0.3, -0.25) is 0 Å². The molecule has 0 saturated heterocycles. The van der Waals surface area contributed by atoms with Crippen molar-refractivity contribution in [3.8, 4) is 5.75 Å². The van der Waals surface area contributed by atoms with E-state index in [1.807, 2.05) is 0 Å². The summed E-state index contributed by atoms with van der Waals surface area (Å²) in [6, 6.07) is 5.06. The molecule has 21 heavy (non-hydrogen) atoms. The first-order valence-electron chi connectivity index (χ1n) is 5.72. The molecule has 2 aromatic rings. The minimum atomic E-state index is -3.76. The van der Waals surface area contributed by atoms with Gasteiger partial charge in [0.2, 0.25) is 15.3 Å². The van der Waals surface area contributed by atoms with Crippen LogP contribution in [0, 0.1) is 0 Å². The summed E-state index contributed by atoms with van der Waals surface area (Å²) in [7, 11) is -2.28. The smallest absolute Gasteiger partial charge is 0.243 e. The number of benzene rings is 1. The van der Waals surface area contributed by atoms with E-state index in [-0.39, 0.29) is 16.7 Å². The first kappa shape index (κ1) is 16.0. The Bertz CT molecular complexity index is 736. The minimum absolute atomic E-state index is 0.0200. The number of hydrogen-bond acceptors (Lipinski definition) is 5. The van der Waals surface area contributed by atoms with E-state index in [2.05, 4.69) is 14.7 Å². The molecule has 1 aromatic heterocycles. The van der Waals surface area contributed by atoms with Gasteiger partial charge in [0.05, 0.1) is 19.5 Å². The molecule has 1 heterocycles. The topological polar surface area (TPSA) is 81.2 Å². The van der Waals surface area contributed by atoms with Crippen molar-refractivity contribution in [2.45, 2.75) is 11.4 Å². The van der Waals surface area contributed by atoms with Crippen LogP contribution in [0.2, 0.25) is 10.3 Å². The number of methoxy groups -OCH3 is 1. The van der Waals surface area contributed by atoms with Crippen LogP contribution in [0.3, 0.4) is 0 Å². The Morgan fingerprint density at radius 1 is 1.24 bits per heavy atom. The van der Waals surface area contributed by atoms with Gasteiger partial charge in [-0.05, 0) is 23.7 Å². The van der Waals surface area contributed by atoms with E-state index >= 15 is 0 Å². The third-order valence-corrected chi connectivity index (χ3v) is 4.55. The van der Waals surface area contributed by atoms with E-state index < -0.39 is 10.0 Å². The summed E-state index contributed by atoms with van der Waals surface area (Å²) in [5.41, 5.74) is 0.542. The molecular formula is C12H11Cl2N3O3S. The molecule has 1 aromatic carbocycles. The van der Waals surface area contributed by atoms with Gasteiger partial charge >= 0.3 is 0 Å². The molecule has 0 aliphatic rings. The Labute approximate surface area is 132 Å². The number of aromatic nitrogens is 2. The number of rotatable bonds is 5. The van der Waals surface area contributed by atoms with Crippen LogP contribution in [-0.4, -0.2) is 25.5 Å². The van der Waals surface area contributed by atoms with Gasteiger partial charge in [-0.15, -0.1) is 0 Å². The summed E-state index contributed by atoms with van der Waals surface area (Å²) >= 11 is 11.6. The van der Waals surface area contributed by atoms with Crippen molar-refractivity contribution in [2.75, 3.05) is 7.11 Å². The average molecular weight is 348 g/mol. The Kier molecular flexibility index (Phi) is 5.00. The molecule has 0 amide bonds. The van der Waals surface area contributed by atoms with Crippen LogP contribution < -0.4 is 9.46 Å². The SMILES string of the molecule is COc1cccc(Cl)c1CNS(=O)(=O)c1cnc(Cl)nc1. The highest BCUT2D eigenvalue weighted by Crippen LogP contribution is 2.26. The molecule has 0 aliphatic heterocycles. The van der Waals surface area contributed by atoms with Crippen LogP contribution in [0.25, 0.3) is 0 Å². The summed E-state index contributed by atoms with van der Waals surface area (Å²) in [6.07, 6.45) is 2.25. The van der Waals surface area contributed by atoms with Crippen LogP contribution in [0.5, 0.6) is 5.75 Å². The summed E-state index contributed by atoms with van der Waals surface area (Å²) in [6.45, 7) is -0.0200. The predicted molar refractivity (Wildman–Crippen MR) is 79.1 cm³/mol. The first-order valence-corrected chi connectivity index (χ1v) is 7.96. The quantitative estimate of drug-likeness (QED) is 0.839. The van der Waals surface area contributed by atoms with Gasteiger partial charge in [0.1, 0.15) is 10.6 Å². The lowest BCUT2D eigenvalue weighted by molar-refractivity contribution is 0.409. The average Bonchev–Trinajstić information content (AvgIpc) is 2.46. The molecule has 0 radical (unpaired) electrons. The molecule has 0 spiro atoms. The zero-order valence-corrected chi connectivity index (χ0v) is 13.2. The molecule has 112 valence electrons. The third kappa shape index (κ3) is 3.82. The molecule has 2 rings (SSSR count). The van der Waals surface area contributed by atoms with Crippen molar-refractivity contribution in [3.63, 3.8) is 0 Å². The lowest BCUT2D eigenvalue weighted by Gasteiger charge is -2.11. The number of ether oxygens (including phenoxy) is 1. The predicted octanol–water partition coefficient (Wildman–Crippen LogP) is 2.27. The second kappa shape index (κ2) is 6.57. The van der Waals surface area contributed by atoms with Gasteiger partial charge < -0.3 is 4.74 Å². The van der Waals surface area contributed by atoms with E-state index in [0.29, 0.717) is 16.3 Å². The van der Waals surface area contributed by atoms with Crippen molar-refractivity contribution in [1.82, 2.24) is 14.7 Å². The number of nitrogens with zero attached hydrogens (tertiary/aromatic N) is 2. The number of nitrogens with one attached hydrogen (secondary N) is 1. The number of hydrogen-bond donors (Lipinski definition) is 1. The summed E-state index contributed by atoms with van der Waals surface area (Å²) in [5, 5.41) is 0.381. The molecule has 0 unspecified atom stereocenters. The molecule has 0 bridgehead atoms. The van der Waals surface area contributed by atoms with Crippen LogP contribution in [0.15, 0.2) is 35.5 Å². The Morgan fingerprint density at radius 3 is 2.52 bits per heavy atom. The molecule has 0 fully saturated rings. The highest BCUT2D eigenvalue weighted by Gasteiger charge is 2.17. The van der Waals surface area contributed by atoms with Gasteiger partial charge in [-0.1, -0.05) is 17.7 Å². The third-order valence-electron chi connectivity index (χ3n) is 2.64. The normalized spacial score (nSPS) is 11.4. The van der Waals surface area contributed by atoms with Crippen LogP contribution in [0.4, 0.5) is 0 Å². The monoisotopic (exact) mass is 347 g/mol. The summed E-state index contributed by atoms with van der Waals surface area (Å²) in [4.78, 5) is 7.19. The van der Waals surface area contributed by atoms with Crippen molar-refractivity contribution in [3.05, 3.63) is 46.5 Å². The maximum absolute atomic E-state index is 12.1. The van der Waals surface area contributed by atoms with Crippen molar-refractivity contribution >= 4 is 33.2 Å². The maximum atomic E-state index is 12.1. The second-order valence-corrected chi connectivity index (χ2v) is 6.45. The van der Waals surface area contributed by atoms with E-state index in [4.69, 9.17) is 27.9 Å². The molecular weight excluding hydrogens is 337 g/mol.